The van der Waals surface area contributed by atoms with Gasteiger partial charge in [0.25, 0.3) is 5.89 Å². The zero-order chi connectivity index (χ0) is 13.4. The maximum atomic E-state index is 5.90. The van der Waals surface area contributed by atoms with Crippen molar-refractivity contribution in [2.75, 3.05) is 5.73 Å². The van der Waals surface area contributed by atoms with Gasteiger partial charge < -0.3 is 10.3 Å². The standard InChI is InChI=1S/C10H5Cl2N5O2/c11-5-1-4(2-6(12)3-5)9-14-10(18-17-9)7-8(13)16-19-15-7/h1-3H,(H2,13,16). The van der Waals surface area contributed by atoms with Crippen molar-refractivity contribution >= 4 is 29.0 Å². The lowest BCUT2D eigenvalue weighted by Gasteiger charge is -1.96. The van der Waals surface area contributed by atoms with E-state index in [1.807, 2.05) is 0 Å². The Hall–Kier alpha value is -2.12. The number of rotatable bonds is 2. The number of anilines is 1. The van der Waals surface area contributed by atoms with Crippen molar-refractivity contribution in [2.24, 2.45) is 0 Å². The highest BCUT2D eigenvalue weighted by Gasteiger charge is 2.18. The highest BCUT2D eigenvalue weighted by atomic mass is 35.5. The Bertz CT molecular complexity index is 719. The first-order valence-electron chi connectivity index (χ1n) is 5.02. The number of hydrogen-bond donors (Lipinski definition) is 1. The predicted octanol–water partition coefficient (Wildman–Crippen LogP) is 2.68. The van der Waals surface area contributed by atoms with E-state index in [2.05, 4.69) is 25.1 Å². The molecule has 0 saturated heterocycles. The SMILES string of the molecule is Nc1nonc1-c1nc(-c2cc(Cl)cc(Cl)c2)no1. The van der Waals surface area contributed by atoms with Crippen LogP contribution in [0.2, 0.25) is 10.0 Å². The molecule has 0 fully saturated rings. The van der Waals surface area contributed by atoms with E-state index in [1.165, 1.54) is 0 Å². The molecule has 0 radical (unpaired) electrons. The second-order valence-electron chi connectivity index (χ2n) is 3.58. The number of nitrogen functional groups attached to an aromatic ring is 1. The molecular formula is C10H5Cl2N5O2. The van der Waals surface area contributed by atoms with Crippen LogP contribution in [0.15, 0.2) is 27.4 Å². The van der Waals surface area contributed by atoms with Crippen molar-refractivity contribution in [2.45, 2.75) is 0 Å². The molecule has 0 unspecified atom stereocenters. The van der Waals surface area contributed by atoms with E-state index in [9.17, 15) is 0 Å². The number of nitrogens with zero attached hydrogens (tertiary/aromatic N) is 4. The molecule has 3 rings (SSSR count). The van der Waals surface area contributed by atoms with Gasteiger partial charge >= 0.3 is 0 Å². The lowest BCUT2D eigenvalue weighted by atomic mass is 10.2. The van der Waals surface area contributed by atoms with Crippen LogP contribution in [-0.2, 0) is 0 Å². The number of halogens is 2. The minimum absolute atomic E-state index is 0.0688. The van der Waals surface area contributed by atoms with E-state index in [4.69, 9.17) is 33.5 Å². The van der Waals surface area contributed by atoms with Crippen molar-refractivity contribution in [3.8, 4) is 23.0 Å². The average Bonchev–Trinajstić information content (AvgIpc) is 2.95. The van der Waals surface area contributed by atoms with Crippen LogP contribution in [0, 0.1) is 0 Å². The summed E-state index contributed by atoms with van der Waals surface area (Å²) in [4.78, 5) is 4.13. The summed E-state index contributed by atoms with van der Waals surface area (Å²) in [6.07, 6.45) is 0. The average molecular weight is 298 g/mol. The van der Waals surface area contributed by atoms with Crippen molar-refractivity contribution in [1.82, 2.24) is 20.5 Å². The monoisotopic (exact) mass is 297 g/mol. The third-order valence-corrected chi connectivity index (χ3v) is 2.70. The van der Waals surface area contributed by atoms with Gasteiger partial charge in [0, 0.05) is 15.6 Å². The summed E-state index contributed by atoms with van der Waals surface area (Å²) in [7, 11) is 0. The van der Waals surface area contributed by atoms with Crippen LogP contribution >= 0.6 is 23.2 Å². The van der Waals surface area contributed by atoms with Gasteiger partial charge in [-0.1, -0.05) is 28.4 Å². The summed E-state index contributed by atoms with van der Waals surface area (Å²) in [6.45, 7) is 0. The molecule has 0 bridgehead atoms. The number of aromatic nitrogens is 4. The summed E-state index contributed by atoms with van der Waals surface area (Å²) in [5, 5.41) is 11.7. The second-order valence-corrected chi connectivity index (χ2v) is 4.45. The molecule has 2 aromatic heterocycles. The topological polar surface area (TPSA) is 104 Å². The smallest absolute Gasteiger partial charge is 0.284 e. The lowest BCUT2D eigenvalue weighted by molar-refractivity contribution is 0.308. The van der Waals surface area contributed by atoms with Crippen molar-refractivity contribution in [1.29, 1.82) is 0 Å². The van der Waals surface area contributed by atoms with Crippen molar-refractivity contribution in [3.05, 3.63) is 28.2 Å². The molecule has 2 N–H and O–H groups in total. The molecule has 9 heteroatoms. The summed E-state index contributed by atoms with van der Waals surface area (Å²) >= 11 is 11.8. The molecular weight excluding hydrogens is 293 g/mol. The fourth-order valence-corrected chi connectivity index (χ4v) is 1.99. The molecule has 0 aliphatic rings. The van der Waals surface area contributed by atoms with E-state index < -0.39 is 0 Å². The molecule has 19 heavy (non-hydrogen) atoms. The van der Waals surface area contributed by atoms with Crippen LogP contribution in [0.25, 0.3) is 23.0 Å². The quantitative estimate of drug-likeness (QED) is 0.775. The normalized spacial score (nSPS) is 10.8. The van der Waals surface area contributed by atoms with Crippen LogP contribution < -0.4 is 5.73 Å². The fourth-order valence-electron chi connectivity index (χ4n) is 1.46. The van der Waals surface area contributed by atoms with E-state index in [1.54, 1.807) is 18.2 Å². The maximum Gasteiger partial charge on any atom is 0.284 e. The molecule has 2 heterocycles. The van der Waals surface area contributed by atoms with Crippen molar-refractivity contribution < 1.29 is 9.15 Å². The molecule has 7 nitrogen and oxygen atoms in total. The molecule has 0 aliphatic heterocycles. The van der Waals surface area contributed by atoms with E-state index in [-0.39, 0.29) is 17.4 Å². The highest BCUT2D eigenvalue weighted by molar-refractivity contribution is 6.35. The third-order valence-electron chi connectivity index (χ3n) is 2.26. The van der Waals surface area contributed by atoms with E-state index in [0.717, 1.165) is 0 Å². The molecule has 0 atom stereocenters. The Kier molecular flexibility index (Phi) is 2.84. The number of benzene rings is 1. The summed E-state index contributed by atoms with van der Waals surface area (Å²) in [6, 6.07) is 4.92. The zero-order valence-corrected chi connectivity index (χ0v) is 10.7. The fraction of sp³-hybridized carbons (Fsp3) is 0. The van der Waals surface area contributed by atoms with Gasteiger partial charge in [0.2, 0.25) is 17.3 Å². The van der Waals surface area contributed by atoms with Gasteiger partial charge in [-0.2, -0.15) is 4.98 Å². The molecule has 0 amide bonds. The Morgan fingerprint density at radius 3 is 2.37 bits per heavy atom. The Balaban J connectivity index is 2.04. The molecule has 0 aliphatic carbocycles. The third kappa shape index (κ3) is 2.25. The van der Waals surface area contributed by atoms with Gasteiger partial charge in [-0.05, 0) is 28.5 Å². The first kappa shape index (κ1) is 11.9. The Labute approximate surface area is 116 Å². The summed E-state index contributed by atoms with van der Waals surface area (Å²) in [5.41, 5.74) is 6.33. The first-order valence-corrected chi connectivity index (χ1v) is 5.77. The minimum atomic E-state index is 0.0688. The summed E-state index contributed by atoms with van der Waals surface area (Å²) in [5.74, 6) is 0.478. The first-order chi connectivity index (χ1) is 9.13. The van der Waals surface area contributed by atoms with Gasteiger partial charge in [0.15, 0.2) is 0 Å². The molecule has 96 valence electrons. The van der Waals surface area contributed by atoms with Gasteiger partial charge in [0.05, 0.1) is 0 Å². The van der Waals surface area contributed by atoms with Crippen LogP contribution in [-0.4, -0.2) is 20.5 Å². The predicted molar refractivity (Wildman–Crippen MR) is 67.5 cm³/mol. The van der Waals surface area contributed by atoms with Crippen molar-refractivity contribution in [3.63, 3.8) is 0 Å². The van der Waals surface area contributed by atoms with Crippen LogP contribution in [0.5, 0.6) is 0 Å². The largest absolute Gasteiger partial charge is 0.379 e. The van der Waals surface area contributed by atoms with Gasteiger partial charge in [-0.25, -0.2) is 4.63 Å². The van der Waals surface area contributed by atoms with Crippen LogP contribution in [0.3, 0.4) is 0 Å². The number of nitrogens with two attached hydrogens (primary N) is 1. The van der Waals surface area contributed by atoms with E-state index >= 15 is 0 Å². The summed E-state index contributed by atoms with van der Waals surface area (Å²) < 4.78 is 9.49. The zero-order valence-electron chi connectivity index (χ0n) is 9.17. The van der Waals surface area contributed by atoms with Gasteiger partial charge in [-0.15, -0.1) is 0 Å². The molecule has 1 aromatic carbocycles. The number of hydrogen-bond acceptors (Lipinski definition) is 7. The van der Waals surface area contributed by atoms with Gasteiger partial charge in [0.1, 0.15) is 0 Å². The van der Waals surface area contributed by atoms with Crippen LogP contribution in [0.1, 0.15) is 0 Å². The second kappa shape index (κ2) is 4.52. The lowest BCUT2D eigenvalue weighted by Crippen LogP contribution is -1.88. The molecule has 3 aromatic rings. The Morgan fingerprint density at radius 1 is 1.00 bits per heavy atom. The molecule has 0 spiro atoms. The molecule has 0 saturated carbocycles. The van der Waals surface area contributed by atoms with Gasteiger partial charge in [-0.3, -0.25) is 0 Å². The highest BCUT2D eigenvalue weighted by Crippen LogP contribution is 2.27. The maximum absolute atomic E-state index is 5.90. The van der Waals surface area contributed by atoms with E-state index in [0.29, 0.717) is 21.4 Å². The van der Waals surface area contributed by atoms with Crippen LogP contribution in [0.4, 0.5) is 5.82 Å². The minimum Gasteiger partial charge on any atom is -0.379 e. The Morgan fingerprint density at radius 2 is 1.74 bits per heavy atom.